The molecule has 0 bridgehead atoms. The van der Waals surface area contributed by atoms with Gasteiger partial charge in [0, 0.05) is 22.6 Å². The van der Waals surface area contributed by atoms with Crippen LogP contribution < -0.4 is 4.74 Å². The highest BCUT2D eigenvalue weighted by atomic mass is 35.5. The van der Waals surface area contributed by atoms with Crippen LogP contribution in [-0.4, -0.2) is 12.9 Å². The Balaban J connectivity index is 2.18. The molecule has 0 saturated carbocycles. The Morgan fingerprint density at radius 2 is 1.78 bits per heavy atom. The highest BCUT2D eigenvalue weighted by molar-refractivity contribution is 6.30. The fourth-order valence-electron chi connectivity index (χ4n) is 1.76. The molecule has 2 rings (SSSR count). The number of carbonyl (C=O) groups excluding carboxylic acids is 1. The van der Waals surface area contributed by atoms with Crippen LogP contribution in [0.2, 0.25) is 5.02 Å². The topological polar surface area (TPSA) is 26.3 Å². The molecule has 0 fully saturated rings. The summed E-state index contributed by atoms with van der Waals surface area (Å²) in [5.41, 5.74) is 1.55. The first-order chi connectivity index (χ1) is 8.70. The average molecular weight is 261 g/mol. The summed E-state index contributed by atoms with van der Waals surface area (Å²) in [6.45, 7) is 0. The van der Waals surface area contributed by atoms with Crippen molar-refractivity contribution in [3.8, 4) is 5.75 Å². The quantitative estimate of drug-likeness (QED) is 0.782. The Hall–Kier alpha value is -1.80. The zero-order valence-electron chi connectivity index (χ0n) is 10.0. The van der Waals surface area contributed by atoms with Gasteiger partial charge < -0.3 is 4.74 Å². The summed E-state index contributed by atoms with van der Waals surface area (Å²) in [5.74, 6) is 0.788. The number of benzene rings is 2. The number of ether oxygens (including phenoxy) is 1. The van der Waals surface area contributed by atoms with Gasteiger partial charge in [0.05, 0.1) is 7.11 Å². The van der Waals surface area contributed by atoms with Crippen molar-refractivity contribution in [1.29, 1.82) is 0 Å². The van der Waals surface area contributed by atoms with E-state index in [0.29, 0.717) is 17.0 Å². The van der Waals surface area contributed by atoms with E-state index >= 15 is 0 Å². The van der Waals surface area contributed by atoms with Gasteiger partial charge in [0.1, 0.15) is 5.75 Å². The predicted octanol–water partition coefficient (Wildman–Crippen LogP) is 3.77. The third-order valence-electron chi connectivity index (χ3n) is 2.71. The maximum absolute atomic E-state index is 12.1. The Bertz CT molecular complexity index is 547. The molecule has 2 aromatic rings. The van der Waals surface area contributed by atoms with Gasteiger partial charge in [0.25, 0.3) is 0 Å². The third-order valence-corrected chi connectivity index (χ3v) is 2.96. The van der Waals surface area contributed by atoms with E-state index in [4.69, 9.17) is 16.3 Å². The van der Waals surface area contributed by atoms with Crippen molar-refractivity contribution in [1.82, 2.24) is 0 Å². The molecule has 0 aromatic heterocycles. The molecule has 0 amide bonds. The van der Waals surface area contributed by atoms with Crippen molar-refractivity contribution in [2.24, 2.45) is 0 Å². The average Bonchev–Trinajstić information content (AvgIpc) is 2.40. The summed E-state index contributed by atoms with van der Waals surface area (Å²) >= 11 is 5.79. The smallest absolute Gasteiger partial charge is 0.167 e. The Morgan fingerprint density at radius 3 is 2.44 bits per heavy atom. The molecule has 0 unspecified atom stereocenters. The number of para-hydroxylation sites is 1. The lowest BCUT2D eigenvalue weighted by Gasteiger charge is -2.07. The third kappa shape index (κ3) is 2.90. The molecular formula is C15H13ClO2. The first-order valence-electron chi connectivity index (χ1n) is 5.61. The van der Waals surface area contributed by atoms with Gasteiger partial charge in [-0.05, 0) is 30.3 Å². The minimum absolute atomic E-state index is 0.0520. The molecular weight excluding hydrogens is 248 g/mol. The first-order valence-corrected chi connectivity index (χ1v) is 5.99. The highest BCUT2D eigenvalue weighted by Crippen LogP contribution is 2.20. The maximum atomic E-state index is 12.1. The second-order valence-electron chi connectivity index (χ2n) is 3.92. The number of halogens is 1. The van der Waals surface area contributed by atoms with Crippen LogP contribution in [0.5, 0.6) is 5.75 Å². The Morgan fingerprint density at radius 1 is 1.11 bits per heavy atom. The molecule has 0 heterocycles. The van der Waals surface area contributed by atoms with Crippen molar-refractivity contribution >= 4 is 17.4 Å². The van der Waals surface area contributed by atoms with Crippen LogP contribution in [0.3, 0.4) is 0 Å². The first kappa shape index (κ1) is 12.7. The molecule has 0 aliphatic carbocycles. The Kier molecular flexibility index (Phi) is 4.00. The van der Waals surface area contributed by atoms with Crippen LogP contribution >= 0.6 is 11.6 Å². The van der Waals surface area contributed by atoms with E-state index in [1.807, 2.05) is 24.3 Å². The van der Waals surface area contributed by atoms with E-state index in [9.17, 15) is 4.79 Å². The van der Waals surface area contributed by atoms with Crippen LogP contribution in [0.4, 0.5) is 0 Å². The van der Waals surface area contributed by atoms with E-state index in [0.717, 1.165) is 11.3 Å². The summed E-state index contributed by atoms with van der Waals surface area (Å²) in [4.78, 5) is 12.1. The molecule has 0 aliphatic rings. The molecule has 0 N–H and O–H groups in total. The van der Waals surface area contributed by atoms with E-state index < -0.39 is 0 Å². The van der Waals surface area contributed by atoms with Crippen LogP contribution in [-0.2, 0) is 6.42 Å². The summed E-state index contributed by atoms with van der Waals surface area (Å²) in [5, 5.41) is 0.629. The van der Waals surface area contributed by atoms with Crippen molar-refractivity contribution in [3.63, 3.8) is 0 Å². The number of rotatable bonds is 4. The van der Waals surface area contributed by atoms with Crippen LogP contribution in [0.15, 0.2) is 48.5 Å². The summed E-state index contributed by atoms with van der Waals surface area (Å²) < 4.78 is 5.23. The number of hydrogen-bond acceptors (Lipinski definition) is 2. The van der Waals surface area contributed by atoms with Crippen molar-refractivity contribution in [3.05, 3.63) is 64.7 Å². The van der Waals surface area contributed by atoms with Crippen molar-refractivity contribution < 1.29 is 9.53 Å². The monoisotopic (exact) mass is 260 g/mol. The maximum Gasteiger partial charge on any atom is 0.167 e. The zero-order valence-corrected chi connectivity index (χ0v) is 10.8. The number of hydrogen-bond donors (Lipinski definition) is 0. The lowest BCUT2D eigenvalue weighted by molar-refractivity contribution is 0.0992. The highest BCUT2D eigenvalue weighted by Gasteiger charge is 2.10. The minimum atomic E-state index is 0.0520. The van der Waals surface area contributed by atoms with Gasteiger partial charge in [-0.3, -0.25) is 4.79 Å². The fourth-order valence-corrected chi connectivity index (χ4v) is 1.89. The standard InChI is InChI=1S/C15H13ClO2/c1-18-15-5-3-2-4-12(15)10-14(17)11-6-8-13(16)9-7-11/h2-9H,10H2,1H3. The molecule has 0 radical (unpaired) electrons. The number of Topliss-reactive ketones (excluding diaryl/α,β-unsaturated/α-hetero) is 1. The van der Waals surface area contributed by atoms with Gasteiger partial charge in [0.15, 0.2) is 5.78 Å². The van der Waals surface area contributed by atoms with E-state index in [1.165, 1.54) is 0 Å². The Labute approximate surface area is 111 Å². The van der Waals surface area contributed by atoms with E-state index in [1.54, 1.807) is 31.4 Å². The molecule has 92 valence electrons. The summed E-state index contributed by atoms with van der Waals surface area (Å²) in [6.07, 6.45) is 0.325. The van der Waals surface area contributed by atoms with Crippen molar-refractivity contribution in [2.45, 2.75) is 6.42 Å². The molecule has 3 heteroatoms. The molecule has 2 aromatic carbocycles. The number of methoxy groups -OCH3 is 1. The molecule has 2 nitrogen and oxygen atoms in total. The van der Waals surface area contributed by atoms with E-state index in [2.05, 4.69) is 0 Å². The van der Waals surface area contributed by atoms with Crippen LogP contribution in [0, 0.1) is 0 Å². The van der Waals surface area contributed by atoms with Crippen LogP contribution in [0.1, 0.15) is 15.9 Å². The van der Waals surface area contributed by atoms with Gasteiger partial charge >= 0.3 is 0 Å². The second-order valence-corrected chi connectivity index (χ2v) is 4.36. The number of carbonyl (C=O) groups is 1. The van der Waals surface area contributed by atoms with Crippen LogP contribution in [0.25, 0.3) is 0 Å². The lowest BCUT2D eigenvalue weighted by atomic mass is 10.0. The molecule has 0 spiro atoms. The predicted molar refractivity (Wildman–Crippen MR) is 72.5 cm³/mol. The van der Waals surface area contributed by atoms with Gasteiger partial charge in [-0.1, -0.05) is 29.8 Å². The SMILES string of the molecule is COc1ccccc1CC(=O)c1ccc(Cl)cc1. The summed E-state index contributed by atoms with van der Waals surface area (Å²) in [7, 11) is 1.60. The zero-order chi connectivity index (χ0) is 13.0. The summed E-state index contributed by atoms with van der Waals surface area (Å²) in [6, 6.07) is 14.4. The molecule has 0 saturated heterocycles. The normalized spacial score (nSPS) is 10.1. The minimum Gasteiger partial charge on any atom is -0.496 e. The van der Waals surface area contributed by atoms with Gasteiger partial charge in [-0.15, -0.1) is 0 Å². The van der Waals surface area contributed by atoms with Crippen molar-refractivity contribution in [2.75, 3.05) is 7.11 Å². The molecule has 0 atom stereocenters. The van der Waals surface area contributed by atoms with Gasteiger partial charge in [0.2, 0.25) is 0 Å². The fraction of sp³-hybridized carbons (Fsp3) is 0.133. The van der Waals surface area contributed by atoms with E-state index in [-0.39, 0.29) is 5.78 Å². The lowest BCUT2D eigenvalue weighted by Crippen LogP contribution is -2.04. The molecule has 0 aliphatic heterocycles. The largest absolute Gasteiger partial charge is 0.496 e. The van der Waals surface area contributed by atoms with Gasteiger partial charge in [-0.25, -0.2) is 0 Å². The van der Waals surface area contributed by atoms with Gasteiger partial charge in [-0.2, -0.15) is 0 Å². The second kappa shape index (κ2) is 5.69. The number of ketones is 1. The molecule has 18 heavy (non-hydrogen) atoms.